The first-order chi connectivity index (χ1) is 34.3. The molecule has 0 radical (unpaired) electrons. The molecule has 3 aliphatic heterocycles. The molecule has 3 rings (SSSR count). The fraction of sp³-hybridized carbons (Fsp3) is 1.00. The minimum Gasteiger partial charge on any atom is -0.376 e. The summed E-state index contributed by atoms with van der Waals surface area (Å²) in [6.07, 6.45) is 7.84. The van der Waals surface area contributed by atoms with Crippen molar-refractivity contribution < 1.29 is 4.74 Å². The van der Waals surface area contributed by atoms with Gasteiger partial charge in [-0.1, -0.05) is 173 Å². The minimum absolute atomic E-state index is 0. The Labute approximate surface area is 506 Å². The van der Waals surface area contributed by atoms with Crippen molar-refractivity contribution in [1.29, 1.82) is 0 Å². The molecule has 0 amide bonds. The average Bonchev–Trinajstić information content (AvgIpc) is 3.80. The molecule has 8 nitrogen and oxygen atoms in total. The fourth-order valence-corrected chi connectivity index (χ4v) is 7.83. The van der Waals surface area contributed by atoms with E-state index in [0.29, 0.717) is 43.8 Å². The van der Waals surface area contributed by atoms with E-state index in [4.69, 9.17) is 4.74 Å². The normalized spacial score (nSPS) is 17.5. The van der Waals surface area contributed by atoms with Gasteiger partial charge in [0, 0.05) is 87.2 Å². The van der Waals surface area contributed by atoms with Crippen molar-refractivity contribution in [2.45, 2.75) is 343 Å². The van der Waals surface area contributed by atoms with E-state index in [1.807, 2.05) is 6.92 Å². The van der Waals surface area contributed by atoms with Crippen molar-refractivity contribution in [2.75, 3.05) is 91.7 Å². The maximum Gasteiger partial charge on any atom is 0.0598 e. The summed E-state index contributed by atoms with van der Waals surface area (Å²) in [4.78, 5) is 10.3. The number of ether oxygens (including phenoxy) is 1. The van der Waals surface area contributed by atoms with Gasteiger partial charge >= 0.3 is 0 Å². The Bertz CT molecular complexity index is 1140. The Balaban J connectivity index is -0.000000121. The van der Waals surface area contributed by atoms with Crippen LogP contribution >= 0.6 is 0 Å². The number of rotatable bonds is 8. The average molecular weight is 1130 g/mol. The molecule has 0 aromatic carbocycles. The SMILES string of the molecule is C.C.CC(C)(C)C1CCCN1.CC(C)C(C)C(C)(C)C.CCC(C)(C)C.CCC(C)(C)C.CCCN1CCN(C(C)(C)C)CC1.CCCN1CCN(C(C)(C)C)CC1.CCNC(C)(C)C.CCNC(C)(C)C.CCOC(C)(C)C. The van der Waals surface area contributed by atoms with E-state index in [9.17, 15) is 0 Å². The molecule has 3 N–H and O–H groups in total. The second kappa shape index (κ2) is 46.9. The molecule has 0 aromatic heterocycles. The third kappa shape index (κ3) is 71.9. The highest BCUT2D eigenvalue weighted by atomic mass is 16.5. The monoisotopic (exact) mass is 1130 g/mol. The number of nitrogens with zero attached hydrogens (tertiary/aromatic N) is 4. The molecular weight excluding hydrogens is 967 g/mol. The van der Waals surface area contributed by atoms with Gasteiger partial charge in [-0.05, 0) is 203 Å². The van der Waals surface area contributed by atoms with Gasteiger partial charge in [0.15, 0.2) is 0 Å². The van der Waals surface area contributed by atoms with E-state index >= 15 is 0 Å². The Morgan fingerprint density at radius 1 is 0.468 bits per heavy atom. The molecule has 3 saturated heterocycles. The summed E-state index contributed by atoms with van der Waals surface area (Å²) in [5.41, 5.74) is 3.40. The lowest BCUT2D eigenvalue weighted by Gasteiger charge is -2.42. The first-order valence-electron chi connectivity index (χ1n) is 32.2. The first kappa shape index (κ1) is 95.0. The van der Waals surface area contributed by atoms with E-state index in [-0.39, 0.29) is 20.5 Å². The zero-order chi connectivity index (χ0) is 62.5. The van der Waals surface area contributed by atoms with Crippen molar-refractivity contribution in [3.05, 3.63) is 0 Å². The van der Waals surface area contributed by atoms with Crippen LogP contribution in [0.3, 0.4) is 0 Å². The van der Waals surface area contributed by atoms with Crippen LogP contribution in [0, 0.1) is 33.5 Å². The van der Waals surface area contributed by atoms with Gasteiger partial charge in [-0.3, -0.25) is 9.80 Å². The topological polar surface area (TPSA) is 58.3 Å². The molecule has 3 aliphatic rings. The van der Waals surface area contributed by atoms with Crippen LogP contribution in [0.1, 0.15) is 310 Å². The quantitative estimate of drug-likeness (QED) is 0.222. The predicted octanol–water partition coefficient (Wildman–Crippen LogP) is 19.5. The Morgan fingerprint density at radius 3 is 0.848 bits per heavy atom. The lowest BCUT2D eigenvalue weighted by Crippen LogP contribution is -2.53. The Hall–Kier alpha value is -0.320. The van der Waals surface area contributed by atoms with E-state index in [1.165, 1.54) is 111 Å². The predicted molar refractivity (Wildman–Crippen MR) is 371 cm³/mol. The number of hydrogen-bond acceptors (Lipinski definition) is 8. The number of hydrogen-bond donors (Lipinski definition) is 3. The van der Waals surface area contributed by atoms with Gasteiger partial charge < -0.3 is 30.5 Å². The highest BCUT2D eigenvalue weighted by Gasteiger charge is 2.28. The summed E-state index contributed by atoms with van der Waals surface area (Å²) in [7, 11) is 0. The summed E-state index contributed by atoms with van der Waals surface area (Å²) in [6, 6.07) is 0.762. The molecule has 0 aliphatic carbocycles. The minimum atomic E-state index is 0. The molecule has 0 spiro atoms. The summed E-state index contributed by atoms with van der Waals surface area (Å²) >= 11 is 0. The summed E-state index contributed by atoms with van der Waals surface area (Å²) < 4.78 is 5.23. The van der Waals surface area contributed by atoms with Crippen LogP contribution in [-0.2, 0) is 4.74 Å². The van der Waals surface area contributed by atoms with Gasteiger partial charge in [0.05, 0.1) is 5.60 Å². The van der Waals surface area contributed by atoms with Crippen LogP contribution < -0.4 is 16.0 Å². The van der Waals surface area contributed by atoms with E-state index < -0.39 is 0 Å². The van der Waals surface area contributed by atoms with Crippen molar-refractivity contribution in [1.82, 2.24) is 35.6 Å². The fourth-order valence-electron chi connectivity index (χ4n) is 7.83. The lowest BCUT2D eigenvalue weighted by molar-refractivity contribution is 0.00531. The van der Waals surface area contributed by atoms with E-state index in [2.05, 4.69) is 285 Å². The van der Waals surface area contributed by atoms with Gasteiger partial charge in [-0.15, -0.1) is 0 Å². The molecule has 3 fully saturated rings. The maximum atomic E-state index is 5.23. The molecular formula is C71H165N7O. The highest BCUT2D eigenvalue weighted by Crippen LogP contribution is 2.31. The molecule has 8 heteroatoms. The first-order valence-corrected chi connectivity index (χ1v) is 32.2. The van der Waals surface area contributed by atoms with E-state index in [1.54, 1.807) is 0 Å². The Morgan fingerprint density at radius 2 is 0.759 bits per heavy atom. The van der Waals surface area contributed by atoms with Crippen LogP contribution in [0.25, 0.3) is 0 Å². The molecule has 0 saturated carbocycles. The van der Waals surface area contributed by atoms with Crippen LogP contribution in [0.15, 0.2) is 0 Å². The van der Waals surface area contributed by atoms with Gasteiger partial charge in [0.2, 0.25) is 0 Å². The standard InChI is InChI=1S/2C11H24N2.C9H20.C8H17N.2C6H15N.C6H14O.2C6H14.2CH4/c2*1-5-6-12-7-9-13(10-8-12)11(2,3)4;1-7(2)8(3)9(4,5)6;1-8(2,3)7-5-4-6-9-7;3*1-5-7-6(2,3)4;2*1-5-6(2,3)4;;/h2*5-10H2,1-4H3;7-8H,1-6H3;7,9H,4-6H2,1-3H3;2*7H,5H2,1-4H3;5H2,1-4H3;2*5H2,1-4H3;2*1H4. The molecule has 0 bridgehead atoms. The van der Waals surface area contributed by atoms with Crippen molar-refractivity contribution >= 4 is 0 Å². The van der Waals surface area contributed by atoms with Crippen LogP contribution in [-0.4, -0.2) is 145 Å². The summed E-state index contributed by atoms with van der Waals surface area (Å²) in [5.74, 6) is 1.63. The van der Waals surface area contributed by atoms with Gasteiger partial charge in [-0.25, -0.2) is 0 Å². The van der Waals surface area contributed by atoms with E-state index in [0.717, 1.165) is 37.6 Å². The highest BCUT2D eigenvalue weighted by molar-refractivity contribution is 4.85. The largest absolute Gasteiger partial charge is 0.376 e. The molecule has 79 heavy (non-hydrogen) atoms. The number of piperazine rings is 2. The molecule has 0 aromatic rings. The third-order valence-corrected chi connectivity index (χ3v) is 14.3. The molecule has 2 unspecified atom stereocenters. The Kier molecular flexibility index (Phi) is 56.4. The molecule has 490 valence electrons. The number of nitrogens with one attached hydrogen (secondary N) is 3. The van der Waals surface area contributed by atoms with Crippen LogP contribution in [0.2, 0.25) is 0 Å². The molecule has 2 atom stereocenters. The zero-order valence-corrected chi connectivity index (χ0v) is 61.1. The van der Waals surface area contributed by atoms with Crippen LogP contribution in [0.4, 0.5) is 0 Å². The smallest absolute Gasteiger partial charge is 0.0598 e. The summed E-state index contributed by atoms with van der Waals surface area (Å²) in [6.45, 7) is 99.0. The third-order valence-electron chi connectivity index (χ3n) is 14.3. The molecule has 3 heterocycles. The maximum absolute atomic E-state index is 5.23. The van der Waals surface area contributed by atoms with Crippen molar-refractivity contribution in [2.24, 2.45) is 33.5 Å². The van der Waals surface area contributed by atoms with Gasteiger partial charge in [-0.2, -0.15) is 0 Å². The van der Waals surface area contributed by atoms with Gasteiger partial charge in [0.1, 0.15) is 0 Å². The lowest BCUT2D eigenvalue weighted by atomic mass is 9.76. The second-order valence-corrected chi connectivity index (χ2v) is 32.3. The van der Waals surface area contributed by atoms with Gasteiger partial charge in [0.25, 0.3) is 0 Å². The summed E-state index contributed by atoms with van der Waals surface area (Å²) in [5, 5.41) is 10.1. The van der Waals surface area contributed by atoms with Crippen molar-refractivity contribution in [3.8, 4) is 0 Å². The van der Waals surface area contributed by atoms with Crippen molar-refractivity contribution in [3.63, 3.8) is 0 Å². The zero-order valence-electron chi connectivity index (χ0n) is 61.1. The second-order valence-electron chi connectivity index (χ2n) is 32.3. The van der Waals surface area contributed by atoms with Crippen LogP contribution in [0.5, 0.6) is 0 Å².